The normalized spacial score (nSPS) is 10.5. The Bertz CT molecular complexity index is 597. The van der Waals surface area contributed by atoms with Crippen LogP contribution in [-0.2, 0) is 6.61 Å². The van der Waals surface area contributed by atoms with Gasteiger partial charge in [0, 0.05) is 11.3 Å². The lowest BCUT2D eigenvalue weighted by Gasteiger charge is -2.07. The van der Waals surface area contributed by atoms with E-state index >= 15 is 0 Å². The number of rotatable bonds is 5. The van der Waals surface area contributed by atoms with Crippen LogP contribution in [0.4, 0.5) is 14.5 Å². The van der Waals surface area contributed by atoms with Crippen molar-refractivity contribution in [2.24, 2.45) is 0 Å². The number of carbonyl (C=O) groups excluding carboxylic acids is 1. The Hall–Kier alpha value is -2.47. The quantitative estimate of drug-likeness (QED) is 0.891. The van der Waals surface area contributed by atoms with E-state index < -0.39 is 6.61 Å². The molecule has 2 aromatic carbocycles. The Morgan fingerprint density at radius 1 is 1.10 bits per heavy atom. The van der Waals surface area contributed by atoms with Crippen LogP contribution in [0.1, 0.15) is 15.9 Å². The first-order chi connectivity index (χ1) is 10.1. The van der Waals surface area contributed by atoms with Crippen molar-refractivity contribution in [3.05, 3.63) is 59.7 Å². The summed E-state index contributed by atoms with van der Waals surface area (Å²) in [5.74, 6) is -0.371. The number of nitrogens with one attached hydrogen (secondary N) is 1. The Kier molecular flexibility index (Phi) is 4.84. The molecular weight excluding hydrogens is 280 g/mol. The summed E-state index contributed by atoms with van der Waals surface area (Å²) in [4.78, 5) is 12.0. The van der Waals surface area contributed by atoms with Gasteiger partial charge < -0.3 is 15.2 Å². The average Bonchev–Trinajstić information content (AvgIpc) is 2.48. The molecule has 0 heterocycles. The lowest BCUT2D eigenvalue weighted by Crippen LogP contribution is -2.12. The van der Waals surface area contributed by atoms with Gasteiger partial charge in [0.15, 0.2) is 0 Å². The molecular formula is C15H13F2NO3. The van der Waals surface area contributed by atoms with Gasteiger partial charge in [0.2, 0.25) is 0 Å². The number of ether oxygens (including phenoxy) is 1. The van der Waals surface area contributed by atoms with Crippen LogP contribution in [0.25, 0.3) is 0 Å². The molecule has 0 unspecified atom stereocenters. The van der Waals surface area contributed by atoms with E-state index in [9.17, 15) is 13.6 Å². The van der Waals surface area contributed by atoms with Crippen molar-refractivity contribution in [1.29, 1.82) is 0 Å². The largest absolute Gasteiger partial charge is 0.435 e. The molecule has 0 radical (unpaired) electrons. The van der Waals surface area contributed by atoms with Gasteiger partial charge in [-0.1, -0.05) is 12.1 Å². The second kappa shape index (κ2) is 6.81. The molecule has 0 atom stereocenters. The summed E-state index contributed by atoms with van der Waals surface area (Å²) in [5, 5.41) is 11.6. The molecule has 4 nitrogen and oxygen atoms in total. The molecule has 0 aliphatic heterocycles. The first kappa shape index (κ1) is 14.9. The Balaban J connectivity index is 2.02. The van der Waals surface area contributed by atoms with Gasteiger partial charge >= 0.3 is 6.61 Å². The lowest BCUT2D eigenvalue weighted by atomic mass is 10.2. The predicted octanol–water partition coefficient (Wildman–Crippen LogP) is 3.03. The minimum atomic E-state index is -2.89. The molecule has 110 valence electrons. The third kappa shape index (κ3) is 4.25. The highest BCUT2D eigenvalue weighted by Crippen LogP contribution is 2.16. The Labute approximate surface area is 120 Å². The molecule has 0 aromatic heterocycles. The molecule has 0 saturated carbocycles. The summed E-state index contributed by atoms with van der Waals surface area (Å²) in [6, 6.07) is 12.1. The first-order valence-electron chi connectivity index (χ1n) is 6.14. The minimum Gasteiger partial charge on any atom is -0.435 e. The van der Waals surface area contributed by atoms with Gasteiger partial charge in [-0.15, -0.1) is 0 Å². The van der Waals surface area contributed by atoms with Crippen LogP contribution in [0.2, 0.25) is 0 Å². The third-order valence-electron chi connectivity index (χ3n) is 2.74. The Morgan fingerprint density at radius 3 is 2.24 bits per heavy atom. The van der Waals surface area contributed by atoms with Crippen molar-refractivity contribution in [1.82, 2.24) is 0 Å². The summed E-state index contributed by atoms with van der Waals surface area (Å²) in [5.41, 5.74) is 1.63. The molecule has 6 heteroatoms. The van der Waals surface area contributed by atoms with Gasteiger partial charge in [-0.3, -0.25) is 4.79 Å². The van der Waals surface area contributed by atoms with Crippen LogP contribution in [0.5, 0.6) is 5.75 Å². The molecule has 0 fully saturated rings. The van der Waals surface area contributed by atoms with E-state index in [0.29, 0.717) is 11.3 Å². The third-order valence-corrected chi connectivity index (χ3v) is 2.74. The number of carbonyl (C=O) groups is 1. The van der Waals surface area contributed by atoms with E-state index in [-0.39, 0.29) is 18.3 Å². The molecule has 1 amide bonds. The maximum Gasteiger partial charge on any atom is 0.387 e. The smallest absolute Gasteiger partial charge is 0.387 e. The molecule has 0 aliphatic carbocycles. The fraction of sp³-hybridized carbons (Fsp3) is 0.133. The molecule has 0 saturated heterocycles. The fourth-order valence-corrected chi connectivity index (χ4v) is 1.68. The van der Waals surface area contributed by atoms with Gasteiger partial charge in [0.05, 0.1) is 6.61 Å². The molecule has 2 rings (SSSR count). The maximum absolute atomic E-state index is 12.0. The number of benzene rings is 2. The number of anilines is 1. The van der Waals surface area contributed by atoms with Crippen LogP contribution in [0.15, 0.2) is 48.5 Å². The summed E-state index contributed by atoms with van der Waals surface area (Å²) in [7, 11) is 0. The highest BCUT2D eigenvalue weighted by molar-refractivity contribution is 6.04. The van der Waals surface area contributed by atoms with E-state index in [1.807, 2.05) is 0 Å². The number of aliphatic hydroxyl groups excluding tert-OH is 1. The molecule has 0 aliphatic rings. The summed E-state index contributed by atoms with van der Waals surface area (Å²) in [6.07, 6.45) is 0. The summed E-state index contributed by atoms with van der Waals surface area (Å²) >= 11 is 0. The molecule has 0 bridgehead atoms. The maximum atomic E-state index is 12.0. The molecule has 0 spiro atoms. The minimum absolute atomic E-state index is 0.00570. The fourth-order valence-electron chi connectivity index (χ4n) is 1.68. The van der Waals surface area contributed by atoms with Crippen molar-refractivity contribution in [3.63, 3.8) is 0 Å². The Morgan fingerprint density at radius 2 is 1.71 bits per heavy atom. The number of aliphatic hydroxyl groups is 1. The zero-order valence-electron chi connectivity index (χ0n) is 10.9. The van der Waals surface area contributed by atoms with E-state index in [2.05, 4.69) is 10.1 Å². The van der Waals surface area contributed by atoms with Crippen LogP contribution >= 0.6 is 0 Å². The average molecular weight is 293 g/mol. The van der Waals surface area contributed by atoms with Crippen molar-refractivity contribution in [3.8, 4) is 5.75 Å². The van der Waals surface area contributed by atoms with Crippen molar-refractivity contribution < 1.29 is 23.4 Å². The standard InChI is InChI=1S/C15H13F2NO3/c16-15(17)21-13-7-3-11(4-8-13)14(20)18-12-5-1-10(9-19)2-6-12/h1-8,15,19H,9H2,(H,18,20). The number of hydrogen-bond donors (Lipinski definition) is 2. The first-order valence-corrected chi connectivity index (χ1v) is 6.14. The van der Waals surface area contributed by atoms with E-state index in [4.69, 9.17) is 5.11 Å². The lowest BCUT2D eigenvalue weighted by molar-refractivity contribution is -0.0498. The van der Waals surface area contributed by atoms with Crippen LogP contribution < -0.4 is 10.1 Å². The predicted molar refractivity (Wildman–Crippen MR) is 73.4 cm³/mol. The summed E-state index contributed by atoms with van der Waals surface area (Å²) < 4.78 is 28.2. The zero-order valence-corrected chi connectivity index (χ0v) is 10.9. The summed E-state index contributed by atoms with van der Waals surface area (Å²) in [6.45, 7) is -2.96. The topological polar surface area (TPSA) is 58.6 Å². The van der Waals surface area contributed by atoms with Crippen molar-refractivity contribution in [2.75, 3.05) is 5.32 Å². The number of alkyl halides is 2. The van der Waals surface area contributed by atoms with Crippen molar-refractivity contribution >= 4 is 11.6 Å². The van der Waals surface area contributed by atoms with Crippen LogP contribution in [-0.4, -0.2) is 17.6 Å². The van der Waals surface area contributed by atoms with Gasteiger partial charge in [-0.05, 0) is 42.0 Å². The van der Waals surface area contributed by atoms with E-state index in [0.717, 1.165) is 5.56 Å². The molecule has 2 N–H and O–H groups in total. The van der Waals surface area contributed by atoms with Crippen LogP contribution in [0.3, 0.4) is 0 Å². The monoisotopic (exact) mass is 293 g/mol. The van der Waals surface area contributed by atoms with E-state index in [1.165, 1.54) is 24.3 Å². The zero-order chi connectivity index (χ0) is 15.2. The van der Waals surface area contributed by atoms with Crippen LogP contribution in [0, 0.1) is 0 Å². The SMILES string of the molecule is O=C(Nc1ccc(CO)cc1)c1ccc(OC(F)F)cc1. The van der Waals surface area contributed by atoms with Gasteiger partial charge in [0.25, 0.3) is 5.91 Å². The van der Waals surface area contributed by atoms with Gasteiger partial charge in [0.1, 0.15) is 5.75 Å². The molecule has 21 heavy (non-hydrogen) atoms. The highest BCUT2D eigenvalue weighted by Gasteiger charge is 2.08. The number of hydrogen-bond acceptors (Lipinski definition) is 3. The second-order valence-electron chi connectivity index (χ2n) is 4.21. The number of halogens is 2. The van der Waals surface area contributed by atoms with E-state index in [1.54, 1.807) is 24.3 Å². The number of amides is 1. The van der Waals surface area contributed by atoms with Gasteiger partial charge in [-0.25, -0.2) is 0 Å². The second-order valence-corrected chi connectivity index (χ2v) is 4.21. The highest BCUT2D eigenvalue weighted by atomic mass is 19.3. The van der Waals surface area contributed by atoms with Crippen molar-refractivity contribution in [2.45, 2.75) is 13.2 Å². The molecule has 2 aromatic rings. The van der Waals surface area contributed by atoms with Gasteiger partial charge in [-0.2, -0.15) is 8.78 Å².